The van der Waals surface area contributed by atoms with E-state index in [2.05, 4.69) is 10.0 Å². The number of benzene rings is 3. The first-order chi connectivity index (χ1) is 17.3. The molecule has 198 valence electrons. The van der Waals surface area contributed by atoms with Gasteiger partial charge in [0, 0.05) is 17.4 Å². The Morgan fingerprint density at radius 3 is 2.05 bits per heavy atom. The van der Waals surface area contributed by atoms with Crippen LogP contribution < -0.4 is 23.8 Å². The van der Waals surface area contributed by atoms with Gasteiger partial charge in [-0.2, -0.15) is 0 Å². The smallest absolute Gasteiger partial charge is 0.261 e. The molecule has 0 aliphatic heterocycles. The van der Waals surface area contributed by atoms with Crippen molar-refractivity contribution in [1.82, 2.24) is 0 Å². The van der Waals surface area contributed by atoms with Gasteiger partial charge >= 0.3 is 0 Å². The number of amides is 1. The van der Waals surface area contributed by atoms with Gasteiger partial charge in [-0.1, -0.05) is 6.07 Å². The monoisotopic (exact) mass is 547 g/mol. The molecule has 0 unspecified atom stereocenters. The van der Waals surface area contributed by atoms with Gasteiger partial charge in [-0.05, 0) is 73.5 Å². The zero-order valence-electron chi connectivity index (χ0n) is 21.1. The van der Waals surface area contributed by atoms with Gasteiger partial charge in [0.1, 0.15) is 18.0 Å². The van der Waals surface area contributed by atoms with Crippen molar-refractivity contribution in [2.24, 2.45) is 0 Å². The number of nitrogens with zero attached hydrogens (tertiary/aromatic N) is 1. The second kappa shape index (κ2) is 11.1. The quantitative estimate of drug-likeness (QED) is 0.397. The van der Waals surface area contributed by atoms with Gasteiger partial charge in [0.15, 0.2) is 0 Å². The first-order valence-electron chi connectivity index (χ1n) is 11.0. The molecule has 1 amide bonds. The van der Waals surface area contributed by atoms with E-state index in [-0.39, 0.29) is 16.3 Å². The van der Waals surface area contributed by atoms with Crippen LogP contribution in [0.4, 0.5) is 17.1 Å². The van der Waals surface area contributed by atoms with Gasteiger partial charge in [-0.3, -0.25) is 13.8 Å². The molecule has 0 fully saturated rings. The second-order valence-electron chi connectivity index (χ2n) is 8.28. The Labute approximate surface area is 217 Å². The molecule has 0 heterocycles. The second-order valence-corrected chi connectivity index (χ2v) is 11.9. The van der Waals surface area contributed by atoms with Crippen LogP contribution in [0.3, 0.4) is 0 Å². The van der Waals surface area contributed by atoms with E-state index < -0.39 is 32.5 Å². The summed E-state index contributed by atoms with van der Waals surface area (Å²) in [6.45, 7) is 3.29. The Balaban J connectivity index is 1.75. The van der Waals surface area contributed by atoms with Crippen LogP contribution in [-0.2, 0) is 24.8 Å². The van der Waals surface area contributed by atoms with Crippen LogP contribution in [0.25, 0.3) is 0 Å². The van der Waals surface area contributed by atoms with Crippen LogP contribution in [-0.4, -0.2) is 49.8 Å². The summed E-state index contributed by atoms with van der Waals surface area (Å²) in [4.78, 5) is 12.7. The average molecular weight is 548 g/mol. The first kappa shape index (κ1) is 27.8. The lowest BCUT2D eigenvalue weighted by molar-refractivity contribution is -0.114. The maximum Gasteiger partial charge on any atom is 0.261 e. The molecule has 0 saturated heterocycles. The Morgan fingerprint density at radius 1 is 0.838 bits per heavy atom. The number of sulfonamides is 2. The van der Waals surface area contributed by atoms with Crippen LogP contribution in [0.5, 0.6) is 11.5 Å². The lowest BCUT2D eigenvalue weighted by Gasteiger charge is -2.24. The van der Waals surface area contributed by atoms with Gasteiger partial charge in [0.2, 0.25) is 15.9 Å². The van der Waals surface area contributed by atoms with Crippen LogP contribution in [0, 0.1) is 13.8 Å². The summed E-state index contributed by atoms with van der Waals surface area (Å²) in [5.41, 5.74) is 2.90. The third-order valence-electron chi connectivity index (χ3n) is 5.55. The molecular formula is C25H29N3O7S2. The summed E-state index contributed by atoms with van der Waals surface area (Å²) in [5.74, 6) is 0.0381. The van der Waals surface area contributed by atoms with E-state index >= 15 is 0 Å². The third kappa shape index (κ3) is 6.92. The highest BCUT2D eigenvalue weighted by Crippen LogP contribution is 2.33. The van der Waals surface area contributed by atoms with Crippen molar-refractivity contribution < 1.29 is 31.1 Å². The van der Waals surface area contributed by atoms with Crippen molar-refractivity contribution >= 4 is 43.0 Å². The van der Waals surface area contributed by atoms with E-state index in [1.165, 1.54) is 50.6 Å². The van der Waals surface area contributed by atoms with Gasteiger partial charge < -0.3 is 14.8 Å². The highest BCUT2D eigenvalue weighted by Gasteiger charge is 2.24. The SMILES string of the molecule is COc1ccc(N(CC(=O)Nc2ccc(S(=O)(=O)Nc3ccc(C)c(C)c3)cc2)S(C)(=O)=O)c(OC)c1. The van der Waals surface area contributed by atoms with Crippen LogP contribution in [0.2, 0.25) is 0 Å². The number of rotatable bonds is 10. The van der Waals surface area contributed by atoms with Gasteiger partial charge in [0.25, 0.3) is 10.0 Å². The Kier molecular flexibility index (Phi) is 8.34. The fraction of sp³-hybridized carbons (Fsp3) is 0.240. The maximum absolute atomic E-state index is 12.8. The number of carbonyl (C=O) groups excluding carboxylic acids is 1. The standard InChI is InChI=1S/C25H29N3O7S2/c1-17-6-7-20(14-18(17)2)27-37(32,33)22-11-8-19(9-12-22)26-25(29)16-28(36(5,30)31)23-13-10-21(34-3)15-24(23)35-4/h6-15,27H,16H2,1-5H3,(H,26,29). The normalized spacial score (nSPS) is 11.5. The Hall–Kier alpha value is -3.77. The molecular weight excluding hydrogens is 518 g/mol. The molecule has 3 aromatic rings. The summed E-state index contributed by atoms with van der Waals surface area (Å²) in [6, 6.07) is 15.3. The first-order valence-corrected chi connectivity index (χ1v) is 14.4. The molecule has 0 aromatic heterocycles. The fourth-order valence-corrected chi connectivity index (χ4v) is 5.35. The van der Waals surface area contributed by atoms with Crippen molar-refractivity contribution in [1.29, 1.82) is 0 Å². The lowest BCUT2D eigenvalue weighted by atomic mass is 10.1. The lowest BCUT2D eigenvalue weighted by Crippen LogP contribution is -2.37. The van der Waals surface area contributed by atoms with E-state index in [1.807, 2.05) is 19.9 Å². The fourth-order valence-electron chi connectivity index (χ4n) is 3.44. The molecule has 12 heteroatoms. The van der Waals surface area contributed by atoms with Crippen molar-refractivity contribution in [2.45, 2.75) is 18.7 Å². The molecule has 37 heavy (non-hydrogen) atoms. The van der Waals surface area contributed by atoms with Crippen LogP contribution in [0.15, 0.2) is 65.6 Å². The molecule has 0 saturated carbocycles. The molecule has 0 bridgehead atoms. The number of aryl methyl sites for hydroxylation is 2. The summed E-state index contributed by atoms with van der Waals surface area (Å²) in [6.07, 6.45) is 0.978. The molecule has 0 aliphatic carbocycles. The molecule has 0 aliphatic rings. The predicted molar refractivity (Wildman–Crippen MR) is 144 cm³/mol. The van der Waals surface area contributed by atoms with E-state index in [0.29, 0.717) is 17.1 Å². The molecule has 0 spiro atoms. The highest BCUT2D eigenvalue weighted by atomic mass is 32.2. The minimum absolute atomic E-state index is 0.00413. The highest BCUT2D eigenvalue weighted by molar-refractivity contribution is 7.92. The number of nitrogens with one attached hydrogen (secondary N) is 2. The summed E-state index contributed by atoms with van der Waals surface area (Å²) in [7, 11) is -4.86. The van der Waals surface area contributed by atoms with Gasteiger partial charge in [-0.25, -0.2) is 16.8 Å². The topological polar surface area (TPSA) is 131 Å². The Morgan fingerprint density at radius 2 is 1.49 bits per heavy atom. The summed E-state index contributed by atoms with van der Waals surface area (Å²) in [5, 5.41) is 2.59. The van der Waals surface area contributed by atoms with E-state index in [0.717, 1.165) is 21.7 Å². The largest absolute Gasteiger partial charge is 0.497 e. The van der Waals surface area contributed by atoms with Crippen molar-refractivity contribution in [2.75, 3.05) is 41.4 Å². The van der Waals surface area contributed by atoms with Gasteiger partial charge in [0.05, 0.1) is 31.1 Å². The number of carbonyl (C=O) groups is 1. The van der Waals surface area contributed by atoms with Crippen molar-refractivity contribution in [3.05, 3.63) is 71.8 Å². The molecule has 10 nitrogen and oxygen atoms in total. The number of hydrogen-bond donors (Lipinski definition) is 2. The number of methoxy groups -OCH3 is 2. The van der Waals surface area contributed by atoms with E-state index in [9.17, 15) is 21.6 Å². The van der Waals surface area contributed by atoms with Gasteiger partial charge in [-0.15, -0.1) is 0 Å². The minimum Gasteiger partial charge on any atom is -0.497 e. The third-order valence-corrected chi connectivity index (χ3v) is 8.07. The maximum atomic E-state index is 12.8. The van der Waals surface area contributed by atoms with Crippen LogP contribution >= 0.6 is 0 Å². The number of ether oxygens (including phenoxy) is 2. The average Bonchev–Trinajstić information content (AvgIpc) is 2.84. The van der Waals surface area contributed by atoms with Crippen molar-refractivity contribution in [3.63, 3.8) is 0 Å². The minimum atomic E-state index is -3.86. The van der Waals surface area contributed by atoms with Crippen molar-refractivity contribution in [3.8, 4) is 11.5 Å². The Bertz CT molecular complexity index is 1500. The van der Waals surface area contributed by atoms with E-state index in [4.69, 9.17) is 9.47 Å². The number of hydrogen-bond acceptors (Lipinski definition) is 7. The summed E-state index contributed by atoms with van der Waals surface area (Å²) < 4.78 is 64.3. The van der Waals surface area contributed by atoms with E-state index in [1.54, 1.807) is 18.2 Å². The molecule has 3 aromatic carbocycles. The molecule has 0 atom stereocenters. The van der Waals surface area contributed by atoms with Crippen LogP contribution in [0.1, 0.15) is 11.1 Å². The predicted octanol–water partition coefficient (Wildman–Crippen LogP) is 3.53. The zero-order chi connectivity index (χ0) is 27.4. The number of anilines is 3. The molecule has 0 radical (unpaired) electrons. The molecule has 2 N–H and O–H groups in total. The summed E-state index contributed by atoms with van der Waals surface area (Å²) >= 11 is 0. The zero-order valence-corrected chi connectivity index (χ0v) is 22.7. The molecule has 3 rings (SSSR count).